The highest BCUT2D eigenvalue weighted by Crippen LogP contribution is 2.19. The molecule has 3 N–H and O–H groups in total. The Hall–Kier alpha value is -2.97. The summed E-state index contributed by atoms with van der Waals surface area (Å²) in [4.78, 5) is 24.8. The number of nitrogens with zero attached hydrogens (tertiary/aromatic N) is 5. The molecule has 3 heterocycles. The Morgan fingerprint density at radius 1 is 1.27 bits per heavy atom. The zero-order chi connectivity index (χ0) is 15.9. The maximum Gasteiger partial charge on any atom is 0.272 e. The molecule has 3 rings (SSSR count). The maximum atomic E-state index is 12.0. The molecular formula is C13H15N7O2. The lowest BCUT2D eigenvalue weighted by Gasteiger charge is -2.22. The second-order valence-electron chi connectivity index (χ2n) is 5.12. The minimum atomic E-state index is -0.623. The number of anilines is 2. The monoisotopic (exact) mass is 301 g/mol. The summed E-state index contributed by atoms with van der Waals surface area (Å²) in [5, 5.41) is 15.0. The van der Waals surface area contributed by atoms with Gasteiger partial charge in [0.25, 0.3) is 11.8 Å². The summed E-state index contributed by atoms with van der Waals surface area (Å²) in [6, 6.07) is 3.32. The molecule has 0 saturated heterocycles. The summed E-state index contributed by atoms with van der Waals surface area (Å²) >= 11 is 0. The SMILES string of the molecule is Cc1cc(Nc2cc3n(n2)CCN(C)C3=O)nnc1C(N)=O. The van der Waals surface area contributed by atoms with Crippen LogP contribution in [0.1, 0.15) is 26.5 Å². The summed E-state index contributed by atoms with van der Waals surface area (Å²) in [6.07, 6.45) is 0. The standard InChI is InChI=1S/C13H15N7O2/c1-7-5-9(16-17-11(7)12(14)21)15-10-6-8-13(22)19(2)3-4-20(8)18-10/h5-6H,3-4H2,1-2H3,(H2,14,21)(H,15,16,18). The van der Waals surface area contributed by atoms with Crippen molar-refractivity contribution in [3.05, 3.63) is 29.1 Å². The number of carbonyl (C=O) groups is 2. The summed E-state index contributed by atoms with van der Waals surface area (Å²) < 4.78 is 1.66. The molecule has 0 radical (unpaired) electrons. The van der Waals surface area contributed by atoms with E-state index in [1.807, 2.05) is 0 Å². The highest BCUT2D eigenvalue weighted by atomic mass is 16.2. The normalized spacial score (nSPS) is 13.9. The van der Waals surface area contributed by atoms with Crippen molar-refractivity contribution >= 4 is 23.5 Å². The molecule has 9 nitrogen and oxygen atoms in total. The van der Waals surface area contributed by atoms with Crippen molar-refractivity contribution in [1.82, 2.24) is 24.9 Å². The molecular weight excluding hydrogens is 286 g/mol. The maximum absolute atomic E-state index is 12.0. The van der Waals surface area contributed by atoms with E-state index in [9.17, 15) is 9.59 Å². The Balaban J connectivity index is 1.85. The first-order chi connectivity index (χ1) is 10.5. The molecule has 114 valence electrons. The Kier molecular flexibility index (Phi) is 3.24. The second kappa shape index (κ2) is 5.10. The lowest BCUT2D eigenvalue weighted by Crippen LogP contribution is -2.37. The van der Waals surface area contributed by atoms with Crippen LogP contribution in [0.2, 0.25) is 0 Å². The number of likely N-dealkylation sites (N-methyl/N-ethyl adjacent to an activating group) is 1. The van der Waals surface area contributed by atoms with E-state index in [1.165, 1.54) is 0 Å². The third-order valence-electron chi connectivity index (χ3n) is 3.47. The Morgan fingerprint density at radius 2 is 2.05 bits per heavy atom. The number of primary amides is 1. The van der Waals surface area contributed by atoms with Gasteiger partial charge in [0.05, 0.1) is 6.54 Å². The lowest BCUT2D eigenvalue weighted by molar-refractivity contribution is 0.0742. The molecule has 2 aromatic rings. The van der Waals surface area contributed by atoms with Gasteiger partial charge < -0.3 is 16.0 Å². The highest BCUT2D eigenvalue weighted by Gasteiger charge is 2.23. The Labute approximate surface area is 126 Å². The summed E-state index contributed by atoms with van der Waals surface area (Å²) in [5.74, 6) is 0.235. The van der Waals surface area contributed by atoms with Crippen molar-refractivity contribution in [2.75, 3.05) is 18.9 Å². The van der Waals surface area contributed by atoms with Crippen molar-refractivity contribution in [2.24, 2.45) is 5.73 Å². The summed E-state index contributed by atoms with van der Waals surface area (Å²) in [6.45, 7) is 2.99. The zero-order valence-electron chi connectivity index (χ0n) is 12.2. The van der Waals surface area contributed by atoms with E-state index in [4.69, 9.17) is 5.73 Å². The minimum absolute atomic E-state index is 0.0712. The number of hydrogen-bond donors (Lipinski definition) is 2. The molecule has 0 bridgehead atoms. The molecule has 0 spiro atoms. The average molecular weight is 301 g/mol. The Morgan fingerprint density at radius 3 is 2.73 bits per heavy atom. The number of hydrogen-bond acceptors (Lipinski definition) is 6. The summed E-state index contributed by atoms with van der Waals surface area (Å²) in [7, 11) is 1.75. The van der Waals surface area contributed by atoms with Gasteiger partial charge in [0.15, 0.2) is 17.3 Å². The first kappa shape index (κ1) is 14.0. The van der Waals surface area contributed by atoms with Crippen LogP contribution >= 0.6 is 0 Å². The first-order valence-corrected chi connectivity index (χ1v) is 6.70. The van der Waals surface area contributed by atoms with Crippen molar-refractivity contribution in [2.45, 2.75) is 13.5 Å². The molecule has 0 fully saturated rings. The van der Waals surface area contributed by atoms with Crippen LogP contribution in [-0.2, 0) is 6.54 Å². The number of amides is 2. The molecule has 0 unspecified atom stereocenters. The van der Waals surface area contributed by atoms with Gasteiger partial charge in [0, 0.05) is 19.7 Å². The number of fused-ring (bicyclic) bond motifs is 1. The fourth-order valence-corrected chi connectivity index (χ4v) is 2.28. The number of aryl methyl sites for hydroxylation is 1. The number of carbonyl (C=O) groups excluding carboxylic acids is 2. The van der Waals surface area contributed by atoms with Gasteiger partial charge in [0.2, 0.25) is 0 Å². The van der Waals surface area contributed by atoms with Gasteiger partial charge in [-0.05, 0) is 18.6 Å². The minimum Gasteiger partial charge on any atom is -0.364 e. The highest BCUT2D eigenvalue weighted by molar-refractivity contribution is 5.94. The van der Waals surface area contributed by atoms with Gasteiger partial charge in [-0.25, -0.2) is 0 Å². The number of aromatic nitrogens is 4. The van der Waals surface area contributed by atoms with Crippen LogP contribution in [-0.4, -0.2) is 50.3 Å². The molecule has 1 aliphatic heterocycles. The van der Waals surface area contributed by atoms with Gasteiger partial charge in [-0.15, -0.1) is 10.2 Å². The van der Waals surface area contributed by atoms with E-state index >= 15 is 0 Å². The molecule has 2 amide bonds. The number of rotatable bonds is 3. The molecule has 2 aromatic heterocycles. The van der Waals surface area contributed by atoms with Crippen LogP contribution in [0.3, 0.4) is 0 Å². The van der Waals surface area contributed by atoms with E-state index in [-0.39, 0.29) is 11.6 Å². The molecule has 1 aliphatic rings. The predicted molar refractivity (Wildman–Crippen MR) is 77.8 cm³/mol. The summed E-state index contributed by atoms with van der Waals surface area (Å²) in [5.41, 5.74) is 6.46. The van der Waals surface area contributed by atoms with Crippen LogP contribution in [0.15, 0.2) is 12.1 Å². The van der Waals surface area contributed by atoms with Gasteiger partial charge in [-0.1, -0.05) is 0 Å². The van der Waals surface area contributed by atoms with E-state index in [0.717, 1.165) is 0 Å². The van der Waals surface area contributed by atoms with Crippen molar-refractivity contribution in [1.29, 1.82) is 0 Å². The topological polar surface area (TPSA) is 119 Å². The van der Waals surface area contributed by atoms with Crippen LogP contribution in [0.5, 0.6) is 0 Å². The molecule has 0 saturated carbocycles. The van der Waals surface area contributed by atoms with E-state index in [0.29, 0.717) is 36.0 Å². The largest absolute Gasteiger partial charge is 0.364 e. The smallest absolute Gasteiger partial charge is 0.272 e. The van der Waals surface area contributed by atoms with Crippen molar-refractivity contribution in [3.63, 3.8) is 0 Å². The van der Waals surface area contributed by atoms with Gasteiger partial charge >= 0.3 is 0 Å². The van der Waals surface area contributed by atoms with Crippen LogP contribution in [0, 0.1) is 6.92 Å². The average Bonchev–Trinajstić information content (AvgIpc) is 2.86. The second-order valence-corrected chi connectivity index (χ2v) is 5.12. The lowest BCUT2D eigenvalue weighted by atomic mass is 10.2. The first-order valence-electron chi connectivity index (χ1n) is 6.70. The van der Waals surface area contributed by atoms with Gasteiger partial charge in [0.1, 0.15) is 5.69 Å². The number of nitrogens with two attached hydrogens (primary N) is 1. The Bertz CT molecular complexity index is 768. The van der Waals surface area contributed by atoms with Crippen molar-refractivity contribution < 1.29 is 9.59 Å². The van der Waals surface area contributed by atoms with E-state index in [2.05, 4.69) is 20.6 Å². The molecule has 0 aliphatic carbocycles. The van der Waals surface area contributed by atoms with Crippen LogP contribution < -0.4 is 11.1 Å². The fourth-order valence-electron chi connectivity index (χ4n) is 2.28. The zero-order valence-corrected chi connectivity index (χ0v) is 12.2. The molecule has 0 atom stereocenters. The molecule has 0 aromatic carbocycles. The van der Waals surface area contributed by atoms with E-state index in [1.54, 1.807) is 35.7 Å². The number of nitrogens with one attached hydrogen (secondary N) is 1. The molecule has 9 heteroatoms. The quantitative estimate of drug-likeness (QED) is 0.817. The van der Waals surface area contributed by atoms with E-state index < -0.39 is 5.91 Å². The van der Waals surface area contributed by atoms with Crippen molar-refractivity contribution in [3.8, 4) is 0 Å². The van der Waals surface area contributed by atoms with Gasteiger partial charge in [-0.2, -0.15) is 5.10 Å². The third kappa shape index (κ3) is 2.36. The van der Waals surface area contributed by atoms with Crippen LogP contribution in [0.25, 0.3) is 0 Å². The third-order valence-corrected chi connectivity index (χ3v) is 3.47. The fraction of sp³-hybridized carbons (Fsp3) is 0.308. The molecule has 22 heavy (non-hydrogen) atoms. The van der Waals surface area contributed by atoms with Gasteiger partial charge in [-0.3, -0.25) is 14.3 Å². The van der Waals surface area contributed by atoms with Crippen LogP contribution in [0.4, 0.5) is 11.6 Å². The predicted octanol–water partition coefficient (Wildman–Crippen LogP) is -0.0904.